The molecule has 1 aliphatic heterocycles. The molecule has 5 nitrogen and oxygen atoms in total. The summed E-state index contributed by atoms with van der Waals surface area (Å²) in [5.74, 6) is -0.785. The first-order chi connectivity index (χ1) is 10.2. The van der Waals surface area contributed by atoms with Crippen molar-refractivity contribution in [1.29, 1.82) is 0 Å². The molecule has 1 amide bonds. The molecule has 0 atom stereocenters. The van der Waals surface area contributed by atoms with Crippen molar-refractivity contribution in [2.24, 2.45) is 0 Å². The molecule has 0 bridgehead atoms. The molecule has 6 heteroatoms. The van der Waals surface area contributed by atoms with Crippen LogP contribution < -0.4 is 0 Å². The average Bonchev–Trinajstić information content (AvgIpc) is 2.33. The van der Waals surface area contributed by atoms with E-state index in [1.165, 1.54) is 32.1 Å². The number of carboxylic acid groups (broad SMARTS) is 1. The minimum absolute atomic E-state index is 0.119. The van der Waals surface area contributed by atoms with Crippen LogP contribution in [0.25, 0.3) is 0 Å². The van der Waals surface area contributed by atoms with E-state index < -0.39 is 11.6 Å². The number of amides is 1. The van der Waals surface area contributed by atoms with Crippen molar-refractivity contribution >= 4 is 23.8 Å². The van der Waals surface area contributed by atoms with Crippen molar-refractivity contribution in [3.05, 3.63) is 0 Å². The maximum Gasteiger partial charge on any atom is 0.410 e. The first-order valence-electron chi connectivity index (χ1n) is 8.07. The molecule has 126 valence electrons. The molecule has 0 aromatic rings. The van der Waals surface area contributed by atoms with Crippen LogP contribution >= 0.6 is 11.8 Å². The molecule has 2 fully saturated rings. The van der Waals surface area contributed by atoms with Crippen molar-refractivity contribution in [3.63, 3.8) is 0 Å². The molecule has 0 spiro atoms. The fourth-order valence-electron chi connectivity index (χ4n) is 3.15. The van der Waals surface area contributed by atoms with Crippen LogP contribution in [0.4, 0.5) is 4.79 Å². The lowest BCUT2D eigenvalue weighted by molar-refractivity contribution is -0.138. The highest BCUT2D eigenvalue weighted by atomic mass is 32.2. The van der Waals surface area contributed by atoms with Gasteiger partial charge in [-0.25, -0.2) is 4.79 Å². The lowest BCUT2D eigenvalue weighted by Crippen LogP contribution is -2.63. The van der Waals surface area contributed by atoms with E-state index in [9.17, 15) is 14.7 Å². The highest BCUT2D eigenvalue weighted by Gasteiger charge is 2.49. The number of carboxylic acids is 1. The van der Waals surface area contributed by atoms with E-state index in [2.05, 4.69) is 0 Å². The molecule has 0 aromatic carbocycles. The summed E-state index contributed by atoms with van der Waals surface area (Å²) < 4.78 is 5.03. The maximum atomic E-state index is 12.1. The quantitative estimate of drug-likeness (QED) is 0.855. The van der Waals surface area contributed by atoms with Gasteiger partial charge in [0.05, 0.1) is 11.2 Å². The summed E-state index contributed by atoms with van der Waals surface area (Å²) in [7, 11) is 0. The predicted octanol–water partition coefficient (Wildman–Crippen LogP) is 3.52. The Labute approximate surface area is 136 Å². The summed E-state index contributed by atoms with van der Waals surface area (Å²) in [6.07, 6.45) is 5.86. The second-order valence-electron chi connectivity index (χ2n) is 7.47. The van der Waals surface area contributed by atoms with Gasteiger partial charge in [0.15, 0.2) is 0 Å². The zero-order valence-corrected chi connectivity index (χ0v) is 14.6. The van der Waals surface area contributed by atoms with Crippen LogP contribution in [0.3, 0.4) is 0 Å². The predicted molar refractivity (Wildman–Crippen MR) is 87.3 cm³/mol. The number of rotatable bonds is 4. The number of hydrogen-bond acceptors (Lipinski definition) is 4. The van der Waals surface area contributed by atoms with E-state index in [4.69, 9.17) is 4.74 Å². The summed E-state index contributed by atoms with van der Waals surface area (Å²) in [6.45, 7) is 6.48. The molecule has 2 rings (SSSR count). The summed E-state index contributed by atoms with van der Waals surface area (Å²) in [5.41, 5.74) is -0.515. The molecular weight excluding hydrogens is 302 g/mol. The maximum absolute atomic E-state index is 12.1. The van der Waals surface area contributed by atoms with Crippen molar-refractivity contribution in [3.8, 4) is 0 Å². The average molecular weight is 329 g/mol. The van der Waals surface area contributed by atoms with Gasteiger partial charge in [-0.1, -0.05) is 19.3 Å². The molecule has 1 saturated carbocycles. The summed E-state index contributed by atoms with van der Waals surface area (Å²) in [5, 5.41) is 9.74. The Morgan fingerprint density at radius 2 is 1.82 bits per heavy atom. The lowest BCUT2D eigenvalue weighted by Gasteiger charge is -2.50. The van der Waals surface area contributed by atoms with E-state index in [-0.39, 0.29) is 17.3 Å². The van der Waals surface area contributed by atoms with Gasteiger partial charge in [-0.2, -0.15) is 0 Å². The molecule has 1 aliphatic carbocycles. The molecular formula is C16H27NO4S. The Bertz CT molecular complexity index is 420. The SMILES string of the molecule is CC(C)(C)OC(=O)N1CC(CC(=O)O)(SC2CCCCC2)C1. The lowest BCUT2D eigenvalue weighted by atomic mass is 9.95. The third kappa shape index (κ3) is 4.80. The van der Waals surface area contributed by atoms with Gasteiger partial charge in [-0.3, -0.25) is 4.79 Å². The van der Waals surface area contributed by atoms with E-state index in [1.807, 2.05) is 20.8 Å². The number of thioether (sulfide) groups is 1. The van der Waals surface area contributed by atoms with Crippen molar-refractivity contribution in [1.82, 2.24) is 4.90 Å². The van der Waals surface area contributed by atoms with Crippen molar-refractivity contribution in [2.75, 3.05) is 13.1 Å². The topological polar surface area (TPSA) is 66.8 Å². The summed E-state index contributed by atoms with van der Waals surface area (Å²) in [6, 6.07) is 0. The number of ether oxygens (including phenoxy) is 1. The van der Waals surface area contributed by atoms with Gasteiger partial charge < -0.3 is 14.7 Å². The minimum atomic E-state index is -0.785. The Hall–Kier alpha value is -0.910. The fourth-order valence-corrected chi connectivity index (χ4v) is 5.09. The number of nitrogens with zero attached hydrogens (tertiary/aromatic N) is 1. The van der Waals surface area contributed by atoms with Crippen LogP contribution in [-0.2, 0) is 9.53 Å². The highest BCUT2D eigenvalue weighted by Crippen LogP contribution is 2.45. The van der Waals surface area contributed by atoms with Gasteiger partial charge in [0, 0.05) is 18.3 Å². The number of carbonyl (C=O) groups is 2. The first-order valence-corrected chi connectivity index (χ1v) is 8.95. The van der Waals surface area contributed by atoms with E-state index in [0.29, 0.717) is 18.3 Å². The Morgan fingerprint density at radius 3 is 2.32 bits per heavy atom. The monoisotopic (exact) mass is 329 g/mol. The Kier molecular flexibility index (Phi) is 5.30. The molecule has 1 saturated heterocycles. The van der Waals surface area contributed by atoms with Crippen LogP contribution in [0.5, 0.6) is 0 Å². The third-order valence-corrected chi connectivity index (χ3v) is 5.76. The third-order valence-electron chi connectivity index (χ3n) is 4.05. The number of aliphatic carboxylic acids is 1. The van der Waals surface area contributed by atoms with Crippen LogP contribution in [-0.4, -0.2) is 50.8 Å². The number of hydrogen-bond donors (Lipinski definition) is 1. The second-order valence-corrected chi connectivity index (χ2v) is 9.24. The van der Waals surface area contributed by atoms with E-state index in [1.54, 1.807) is 16.7 Å². The molecule has 0 aromatic heterocycles. The minimum Gasteiger partial charge on any atom is -0.481 e. The van der Waals surface area contributed by atoms with Crippen LogP contribution in [0.2, 0.25) is 0 Å². The first kappa shape index (κ1) is 17.4. The van der Waals surface area contributed by atoms with Gasteiger partial charge in [-0.05, 0) is 33.6 Å². The van der Waals surface area contributed by atoms with Crippen molar-refractivity contribution < 1.29 is 19.4 Å². The Morgan fingerprint density at radius 1 is 1.23 bits per heavy atom. The van der Waals surface area contributed by atoms with Gasteiger partial charge >= 0.3 is 12.1 Å². The zero-order chi connectivity index (χ0) is 16.4. The molecule has 0 unspecified atom stereocenters. The normalized spacial score (nSPS) is 22.0. The molecule has 2 aliphatic rings. The molecule has 1 heterocycles. The van der Waals surface area contributed by atoms with Crippen LogP contribution in [0.1, 0.15) is 59.3 Å². The smallest absolute Gasteiger partial charge is 0.410 e. The fraction of sp³-hybridized carbons (Fsp3) is 0.875. The van der Waals surface area contributed by atoms with Crippen LogP contribution in [0, 0.1) is 0 Å². The zero-order valence-electron chi connectivity index (χ0n) is 13.8. The Balaban J connectivity index is 1.92. The van der Waals surface area contributed by atoms with Gasteiger partial charge in [0.1, 0.15) is 5.60 Å². The highest BCUT2D eigenvalue weighted by molar-refractivity contribution is 8.01. The van der Waals surface area contributed by atoms with Gasteiger partial charge in [0.25, 0.3) is 0 Å². The summed E-state index contributed by atoms with van der Waals surface area (Å²) in [4.78, 5) is 24.9. The molecule has 1 N–H and O–H groups in total. The number of carbonyl (C=O) groups excluding carboxylic acids is 1. The number of likely N-dealkylation sites (tertiary alicyclic amines) is 1. The molecule has 22 heavy (non-hydrogen) atoms. The standard InChI is InChI=1S/C16H27NO4S/c1-15(2,3)21-14(20)17-10-16(11-17,9-13(18)19)22-12-7-5-4-6-8-12/h12H,4-11H2,1-3H3,(H,18,19). The van der Waals surface area contributed by atoms with Crippen LogP contribution in [0.15, 0.2) is 0 Å². The molecule has 0 radical (unpaired) electrons. The van der Waals surface area contributed by atoms with Crippen molar-refractivity contribution in [2.45, 2.75) is 74.9 Å². The van der Waals surface area contributed by atoms with E-state index >= 15 is 0 Å². The van der Waals surface area contributed by atoms with Gasteiger partial charge in [0.2, 0.25) is 0 Å². The largest absolute Gasteiger partial charge is 0.481 e. The summed E-state index contributed by atoms with van der Waals surface area (Å²) >= 11 is 1.79. The van der Waals surface area contributed by atoms with E-state index in [0.717, 1.165) is 0 Å². The van der Waals surface area contributed by atoms with Gasteiger partial charge in [-0.15, -0.1) is 11.8 Å². The second kappa shape index (κ2) is 6.69.